The van der Waals surface area contributed by atoms with Gasteiger partial charge >= 0.3 is 0 Å². The molecule has 1 atom stereocenters. The number of rotatable bonds is 2. The van der Waals surface area contributed by atoms with Crippen LogP contribution in [0.2, 0.25) is 0 Å². The van der Waals surface area contributed by atoms with Crippen LogP contribution in [0.25, 0.3) is 0 Å². The summed E-state index contributed by atoms with van der Waals surface area (Å²) in [4.78, 5) is 2.67. The fraction of sp³-hybridized carbons (Fsp3) is 0.625. The molecule has 1 heterocycles. The largest absolute Gasteiger partial charge is 0.293 e. The summed E-state index contributed by atoms with van der Waals surface area (Å²) in [5.74, 6) is 0. The van der Waals surface area contributed by atoms with Gasteiger partial charge in [0.15, 0.2) is 0 Å². The standard InChI is InChI=1S/C16H25N/c1-15(2,3)16(4)11-8-12-17(16)13-14-9-6-5-7-10-14/h5-7,9-10H,8,11-13H2,1-4H3. The van der Waals surface area contributed by atoms with Crippen LogP contribution in [-0.2, 0) is 6.54 Å². The predicted octanol–water partition coefficient (Wildman–Crippen LogP) is 4.09. The Labute approximate surface area is 106 Å². The molecule has 17 heavy (non-hydrogen) atoms. The Bertz CT molecular complexity index is 363. The molecular formula is C16H25N. The predicted molar refractivity (Wildman–Crippen MR) is 73.9 cm³/mol. The molecule has 1 heteroatoms. The van der Waals surface area contributed by atoms with Gasteiger partial charge in [0, 0.05) is 12.1 Å². The Kier molecular flexibility index (Phi) is 3.31. The summed E-state index contributed by atoms with van der Waals surface area (Å²) in [6.07, 6.45) is 2.66. The second kappa shape index (κ2) is 4.45. The van der Waals surface area contributed by atoms with E-state index in [4.69, 9.17) is 0 Å². The van der Waals surface area contributed by atoms with Crippen LogP contribution in [0.3, 0.4) is 0 Å². The Morgan fingerprint density at radius 2 is 1.82 bits per heavy atom. The molecule has 1 saturated heterocycles. The van der Waals surface area contributed by atoms with Crippen LogP contribution in [0, 0.1) is 5.41 Å². The summed E-state index contributed by atoms with van der Waals surface area (Å²) >= 11 is 0. The first-order valence-corrected chi connectivity index (χ1v) is 6.72. The molecular weight excluding hydrogens is 206 g/mol. The third-order valence-corrected chi connectivity index (χ3v) is 4.62. The zero-order valence-electron chi connectivity index (χ0n) is 11.7. The van der Waals surface area contributed by atoms with E-state index < -0.39 is 0 Å². The number of benzene rings is 1. The minimum absolute atomic E-state index is 0.336. The second-order valence-electron chi connectivity index (χ2n) is 6.53. The zero-order chi connectivity index (χ0) is 12.5. The Morgan fingerprint density at radius 3 is 2.41 bits per heavy atom. The highest BCUT2D eigenvalue weighted by atomic mass is 15.2. The highest BCUT2D eigenvalue weighted by Gasteiger charge is 2.45. The van der Waals surface area contributed by atoms with E-state index in [1.807, 2.05) is 0 Å². The lowest BCUT2D eigenvalue weighted by Gasteiger charge is -2.46. The summed E-state index contributed by atoms with van der Waals surface area (Å²) in [6.45, 7) is 11.9. The van der Waals surface area contributed by atoms with Gasteiger partial charge in [-0.05, 0) is 37.3 Å². The van der Waals surface area contributed by atoms with E-state index >= 15 is 0 Å². The van der Waals surface area contributed by atoms with Gasteiger partial charge < -0.3 is 0 Å². The first-order chi connectivity index (χ1) is 7.93. The molecule has 0 amide bonds. The molecule has 0 aliphatic carbocycles. The van der Waals surface area contributed by atoms with Crippen LogP contribution in [0.4, 0.5) is 0 Å². The number of nitrogens with zero attached hydrogens (tertiary/aromatic N) is 1. The lowest BCUT2D eigenvalue weighted by molar-refractivity contribution is 0.0373. The van der Waals surface area contributed by atoms with Gasteiger partial charge in [-0.3, -0.25) is 4.90 Å². The Hall–Kier alpha value is -0.820. The molecule has 1 aliphatic heterocycles. The highest BCUT2D eigenvalue weighted by molar-refractivity contribution is 5.16. The van der Waals surface area contributed by atoms with Gasteiger partial charge in [0.2, 0.25) is 0 Å². The first kappa shape index (κ1) is 12.6. The normalized spacial score (nSPS) is 26.4. The van der Waals surface area contributed by atoms with Crippen LogP contribution in [0.5, 0.6) is 0 Å². The molecule has 1 aromatic rings. The van der Waals surface area contributed by atoms with Gasteiger partial charge in [0.25, 0.3) is 0 Å². The molecule has 1 fully saturated rings. The van der Waals surface area contributed by atoms with Crippen LogP contribution < -0.4 is 0 Å². The molecule has 0 N–H and O–H groups in total. The molecule has 1 aromatic carbocycles. The monoisotopic (exact) mass is 231 g/mol. The van der Waals surface area contributed by atoms with Crippen molar-refractivity contribution in [2.45, 2.75) is 52.6 Å². The average molecular weight is 231 g/mol. The van der Waals surface area contributed by atoms with E-state index in [1.165, 1.54) is 24.9 Å². The minimum atomic E-state index is 0.336. The molecule has 94 valence electrons. The van der Waals surface area contributed by atoms with Crippen molar-refractivity contribution < 1.29 is 0 Å². The molecule has 1 nitrogen and oxygen atoms in total. The maximum atomic E-state index is 2.67. The fourth-order valence-corrected chi connectivity index (χ4v) is 2.93. The Balaban J connectivity index is 2.16. The lowest BCUT2D eigenvalue weighted by Crippen LogP contribution is -2.50. The smallest absolute Gasteiger partial charge is 0.0239 e. The van der Waals surface area contributed by atoms with Crippen molar-refractivity contribution in [3.05, 3.63) is 35.9 Å². The van der Waals surface area contributed by atoms with Gasteiger partial charge in [-0.2, -0.15) is 0 Å². The topological polar surface area (TPSA) is 3.24 Å². The van der Waals surface area contributed by atoms with Gasteiger partial charge in [0.1, 0.15) is 0 Å². The molecule has 0 aromatic heterocycles. The van der Waals surface area contributed by atoms with E-state index in [1.54, 1.807) is 0 Å². The van der Waals surface area contributed by atoms with Crippen molar-refractivity contribution >= 4 is 0 Å². The SMILES string of the molecule is CC(C)(C)C1(C)CCCN1Cc1ccccc1. The van der Waals surface area contributed by atoms with Gasteiger partial charge in [-0.25, -0.2) is 0 Å². The molecule has 2 rings (SSSR count). The summed E-state index contributed by atoms with van der Waals surface area (Å²) in [5.41, 5.74) is 2.12. The summed E-state index contributed by atoms with van der Waals surface area (Å²) < 4.78 is 0. The van der Waals surface area contributed by atoms with Crippen LogP contribution in [0.15, 0.2) is 30.3 Å². The maximum absolute atomic E-state index is 2.67. The van der Waals surface area contributed by atoms with Crippen molar-refractivity contribution in [3.63, 3.8) is 0 Å². The van der Waals surface area contributed by atoms with Crippen LogP contribution in [0.1, 0.15) is 46.1 Å². The molecule has 1 aliphatic rings. The average Bonchev–Trinajstić information content (AvgIpc) is 2.63. The Morgan fingerprint density at radius 1 is 1.18 bits per heavy atom. The molecule has 0 radical (unpaired) electrons. The molecule has 0 spiro atoms. The number of likely N-dealkylation sites (tertiary alicyclic amines) is 1. The fourth-order valence-electron chi connectivity index (χ4n) is 2.93. The second-order valence-corrected chi connectivity index (χ2v) is 6.53. The molecule has 1 unspecified atom stereocenters. The molecule has 0 saturated carbocycles. The quantitative estimate of drug-likeness (QED) is 0.741. The van der Waals surface area contributed by atoms with E-state index in [0.29, 0.717) is 11.0 Å². The highest BCUT2D eigenvalue weighted by Crippen LogP contribution is 2.43. The summed E-state index contributed by atoms with van der Waals surface area (Å²) in [6, 6.07) is 10.8. The van der Waals surface area contributed by atoms with Crippen LogP contribution in [-0.4, -0.2) is 17.0 Å². The van der Waals surface area contributed by atoms with Crippen molar-refractivity contribution in [2.75, 3.05) is 6.54 Å². The first-order valence-electron chi connectivity index (χ1n) is 6.72. The number of hydrogen-bond donors (Lipinski definition) is 0. The third-order valence-electron chi connectivity index (χ3n) is 4.62. The molecule has 0 bridgehead atoms. The summed E-state index contributed by atoms with van der Waals surface area (Å²) in [5, 5.41) is 0. The van der Waals surface area contributed by atoms with Gasteiger partial charge in [0.05, 0.1) is 0 Å². The van der Waals surface area contributed by atoms with Crippen LogP contribution >= 0.6 is 0 Å². The van der Waals surface area contributed by atoms with E-state index in [2.05, 4.69) is 62.9 Å². The van der Waals surface area contributed by atoms with E-state index in [9.17, 15) is 0 Å². The van der Waals surface area contributed by atoms with Crippen molar-refractivity contribution in [3.8, 4) is 0 Å². The lowest BCUT2D eigenvalue weighted by atomic mass is 9.73. The van der Waals surface area contributed by atoms with Gasteiger partial charge in [-0.1, -0.05) is 51.1 Å². The zero-order valence-corrected chi connectivity index (χ0v) is 11.7. The van der Waals surface area contributed by atoms with Crippen molar-refractivity contribution in [1.29, 1.82) is 0 Å². The van der Waals surface area contributed by atoms with E-state index in [-0.39, 0.29) is 0 Å². The van der Waals surface area contributed by atoms with Gasteiger partial charge in [-0.15, -0.1) is 0 Å². The summed E-state index contributed by atoms with van der Waals surface area (Å²) in [7, 11) is 0. The maximum Gasteiger partial charge on any atom is 0.0239 e. The van der Waals surface area contributed by atoms with E-state index in [0.717, 1.165) is 6.54 Å². The minimum Gasteiger partial charge on any atom is -0.293 e. The van der Waals surface area contributed by atoms with Crippen molar-refractivity contribution in [2.24, 2.45) is 5.41 Å². The number of hydrogen-bond acceptors (Lipinski definition) is 1. The van der Waals surface area contributed by atoms with Crippen molar-refractivity contribution in [1.82, 2.24) is 4.90 Å². The third kappa shape index (κ3) is 2.40.